The quantitative estimate of drug-likeness (QED) is 0.883. The number of hydrogen-bond donors (Lipinski definition) is 1. The van der Waals surface area contributed by atoms with Gasteiger partial charge in [-0.15, -0.1) is 0 Å². The molecule has 1 aliphatic rings. The van der Waals surface area contributed by atoms with Gasteiger partial charge in [-0.3, -0.25) is 4.79 Å². The molecule has 0 spiro atoms. The zero-order valence-corrected chi connectivity index (χ0v) is 15.6. The molecule has 0 saturated carbocycles. The van der Waals surface area contributed by atoms with E-state index >= 15 is 0 Å². The highest BCUT2D eigenvalue weighted by molar-refractivity contribution is 5.76. The van der Waals surface area contributed by atoms with Crippen LogP contribution in [0.3, 0.4) is 0 Å². The number of likely N-dealkylation sites (tertiary alicyclic amines) is 1. The van der Waals surface area contributed by atoms with Crippen LogP contribution in [-0.4, -0.2) is 35.1 Å². The Labute approximate surface area is 155 Å². The highest BCUT2D eigenvalue weighted by atomic mass is 16.5. The number of hydrogen-bond acceptors (Lipinski definition) is 3. The van der Waals surface area contributed by atoms with Crippen molar-refractivity contribution < 1.29 is 14.6 Å². The Kier molecular flexibility index (Phi) is 5.82. The molecule has 1 heterocycles. The first-order valence-electron chi connectivity index (χ1n) is 9.31. The molecule has 4 heteroatoms. The summed E-state index contributed by atoms with van der Waals surface area (Å²) < 4.78 is 6.17. The Morgan fingerprint density at radius 3 is 2.62 bits per heavy atom. The first-order valence-corrected chi connectivity index (χ1v) is 9.31. The second-order valence-electron chi connectivity index (χ2n) is 7.10. The summed E-state index contributed by atoms with van der Waals surface area (Å²) in [5, 5.41) is 9.81. The molecule has 1 N–H and O–H groups in total. The Morgan fingerprint density at radius 1 is 1.15 bits per heavy atom. The smallest absolute Gasteiger partial charge is 0.222 e. The van der Waals surface area contributed by atoms with Crippen molar-refractivity contribution >= 4 is 5.91 Å². The first-order chi connectivity index (χ1) is 12.5. The van der Waals surface area contributed by atoms with Crippen molar-refractivity contribution in [3.8, 4) is 11.5 Å². The molecule has 0 aromatic heterocycles. The summed E-state index contributed by atoms with van der Waals surface area (Å²) in [6, 6.07) is 13.5. The van der Waals surface area contributed by atoms with Crippen LogP contribution in [0, 0.1) is 13.8 Å². The number of phenolic OH excluding ortho intramolecular Hbond substituents is 1. The van der Waals surface area contributed by atoms with Crippen LogP contribution in [-0.2, 0) is 11.2 Å². The number of amides is 1. The molecule has 4 nitrogen and oxygen atoms in total. The van der Waals surface area contributed by atoms with E-state index in [1.165, 1.54) is 5.56 Å². The fraction of sp³-hybridized carbons (Fsp3) is 0.409. The van der Waals surface area contributed by atoms with Gasteiger partial charge in [0.2, 0.25) is 5.91 Å². The third-order valence-corrected chi connectivity index (χ3v) is 5.03. The van der Waals surface area contributed by atoms with Crippen LogP contribution < -0.4 is 4.74 Å². The molecule has 0 bridgehead atoms. The molecular formula is C22H27NO3. The second kappa shape index (κ2) is 8.26. The Bertz CT molecular complexity index is 764. The Balaban J connectivity index is 1.48. The molecule has 1 saturated heterocycles. The van der Waals surface area contributed by atoms with Crippen molar-refractivity contribution in [1.82, 2.24) is 4.90 Å². The van der Waals surface area contributed by atoms with Gasteiger partial charge in [0, 0.05) is 32.4 Å². The topological polar surface area (TPSA) is 49.8 Å². The number of para-hydroxylation sites is 1. The van der Waals surface area contributed by atoms with E-state index in [0.29, 0.717) is 12.8 Å². The minimum atomic E-state index is 0.151. The maximum absolute atomic E-state index is 12.4. The molecule has 2 aromatic rings. The van der Waals surface area contributed by atoms with Crippen LogP contribution >= 0.6 is 0 Å². The van der Waals surface area contributed by atoms with Gasteiger partial charge >= 0.3 is 0 Å². The highest BCUT2D eigenvalue weighted by Crippen LogP contribution is 2.24. The largest absolute Gasteiger partial charge is 0.508 e. The molecule has 1 amide bonds. The van der Waals surface area contributed by atoms with Crippen molar-refractivity contribution in [2.45, 2.75) is 45.6 Å². The maximum atomic E-state index is 12.4. The van der Waals surface area contributed by atoms with E-state index in [4.69, 9.17) is 4.74 Å². The van der Waals surface area contributed by atoms with Crippen LogP contribution in [0.15, 0.2) is 42.5 Å². The van der Waals surface area contributed by atoms with Crippen LogP contribution in [0.4, 0.5) is 0 Å². The van der Waals surface area contributed by atoms with Gasteiger partial charge < -0.3 is 14.7 Å². The zero-order chi connectivity index (χ0) is 18.5. The van der Waals surface area contributed by atoms with Gasteiger partial charge in [0.25, 0.3) is 0 Å². The summed E-state index contributed by atoms with van der Waals surface area (Å²) >= 11 is 0. The molecule has 0 atom stereocenters. The van der Waals surface area contributed by atoms with E-state index in [-0.39, 0.29) is 17.8 Å². The van der Waals surface area contributed by atoms with Crippen LogP contribution in [0.5, 0.6) is 11.5 Å². The SMILES string of the molecule is Cc1ccc(C)c(OC2CCN(C(=O)CCc3ccccc3O)CC2)c1. The number of carbonyl (C=O) groups excluding carboxylic acids is 1. The normalized spacial score (nSPS) is 15.1. The number of rotatable bonds is 5. The van der Waals surface area contributed by atoms with E-state index in [1.54, 1.807) is 12.1 Å². The molecule has 0 aliphatic carbocycles. The van der Waals surface area contributed by atoms with Gasteiger partial charge in [-0.1, -0.05) is 30.3 Å². The summed E-state index contributed by atoms with van der Waals surface area (Å²) in [6.45, 7) is 5.59. The van der Waals surface area contributed by atoms with E-state index in [0.717, 1.165) is 42.8 Å². The molecule has 2 aromatic carbocycles. The number of carbonyl (C=O) groups is 1. The van der Waals surface area contributed by atoms with Gasteiger partial charge in [-0.2, -0.15) is 0 Å². The maximum Gasteiger partial charge on any atom is 0.222 e. The molecule has 1 aliphatic heterocycles. The van der Waals surface area contributed by atoms with Crippen molar-refractivity contribution in [1.29, 1.82) is 0 Å². The Morgan fingerprint density at radius 2 is 1.88 bits per heavy atom. The third kappa shape index (κ3) is 4.57. The van der Waals surface area contributed by atoms with Gasteiger partial charge in [0.15, 0.2) is 0 Å². The van der Waals surface area contributed by atoms with E-state index in [9.17, 15) is 9.90 Å². The van der Waals surface area contributed by atoms with Gasteiger partial charge in [-0.25, -0.2) is 0 Å². The molecule has 0 unspecified atom stereocenters. The monoisotopic (exact) mass is 353 g/mol. The number of aryl methyl sites for hydroxylation is 3. The molecule has 3 rings (SSSR count). The van der Waals surface area contributed by atoms with Crippen molar-refractivity contribution in [2.24, 2.45) is 0 Å². The summed E-state index contributed by atoms with van der Waals surface area (Å²) in [5.41, 5.74) is 3.17. The van der Waals surface area contributed by atoms with Crippen molar-refractivity contribution in [3.63, 3.8) is 0 Å². The molecular weight excluding hydrogens is 326 g/mol. The number of nitrogens with zero attached hydrogens (tertiary/aromatic N) is 1. The van der Waals surface area contributed by atoms with E-state index < -0.39 is 0 Å². The summed E-state index contributed by atoms with van der Waals surface area (Å²) in [5.74, 6) is 1.37. The fourth-order valence-corrected chi connectivity index (χ4v) is 3.36. The van der Waals surface area contributed by atoms with Gasteiger partial charge in [-0.05, 0) is 49.1 Å². The lowest BCUT2D eigenvalue weighted by Crippen LogP contribution is -2.41. The summed E-state index contributed by atoms with van der Waals surface area (Å²) in [6.07, 6.45) is 2.88. The van der Waals surface area contributed by atoms with Gasteiger partial charge in [0.1, 0.15) is 17.6 Å². The van der Waals surface area contributed by atoms with Crippen LogP contribution in [0.1, 0.15) is 36.0 Å². The predicted molar refractivity (Wildman–Crippen MR) is 103 cm³/mol. The molecule has 26 heavy (non-hydrogen) atoms. The van der Waals surface area contributed by atoms with E-state index in [2.05, 4.69) is 32.0 Å². The third-order valence-electron chi connectivity index (χ3n) is 5.03. The standard InChI is InChI=1S/C22H27NO3/c1-16-7-8-17(2)21(15-16)26-19-11-13-23(14-12-19)22(25)10-9-18-5-3-4-6-20(18)24/h3-8,15,19,24H,9-14H2,1-2H3. The lowest BCUT2D eigenvalue weighted by molar-refractivity contribution is -0.132. The molecule has 1 fully saturated rings. The molecule has 138 valence electrons. The lowest BCUT2D eigenvalue weighted by atomic mass is 10.0. The van der Waals surface area contributed by atoms with Crippen molar-refractivity contribution in [3.05, 3.63) is 59.2 Å². The average Bonchev–Trinajstić information content (AvgIpc) is 2.64. The van der Waals surface area contributed by atoms with Crippen LogP contribution in [0.25, 0.3) is 0 Å². The van der Waals surface area contributed by atoms with Crippen molar-refractivity contribution in [2.75, 3.05) is 13.1 Å². The van der Waals surface area contributed by atoms with Crippen LogP contribution in [0.2, 0.25) is 0 Å². The first kappa shape index (κ1) is 18.3. The highest BCUT2D eigenvalue weighted by Gasteiger charge is 2.24. The number of ether oxygens (including phenoxy) is 1. The fourth-order valence-electron chi connectivity index (χ4n) is 3.36. The predicted octanol–water partition coefficient (Wildman–Crippen LogP) is 4.01. The Hall–Kier alpha value is -2.49. The molecule has 0 radical (unpaired) electrons. The second-order valence-corrected chi connectivity index (χ2v) is 7.10. The number of benzene rings is 2. The average molecular weight is 353 g/mol. The van der Waals surface area contributed by atoms with Gasteiger partial charge in [0.05, 0.1) is 0 Å². The summed E-state index contributed by atoms with van der Waals surface area (Å²) in [4.78, 5) is 14.4. The zero-order valence-electron chi connectivity index (χ0n) is 15.6. The lowest BCUT2D eigenvalue weighted by Gasteiger charge is -2.32. The minimum absolute atomic E-state index is 0.151. The number of piperidine rings is 1. The summed E-state index contributed by atoms with van der Waals surface area (Å²) in [7, 11) is 0. The number of aromatic hydroxyl groups is 1. The minimum Gasteiger partial charge on any atom is -0.508 e. The number of phenols is 1. The van der Waals surface area contributed by atoms with E-state index in [1.807, 2.05) is 17.0 Å².